The van der Waals surface area contributed by atoms with Crippen LogP contribution in [-0.2, 0) is 9.53 Å². The van der Waals surface area contributed by atoms with Gasteiger partial charge in [-0.05, 0) is 42.7 Å². The zero-order valence-corrected chi connectivity index (χ0v) is 15.5. The molecule has 0 aliphatic carbocycles. The van der Waals surface area contributed by atoms with E-state index in [0.29, 0.717) is 19.7 Å². The van der Waals surface area contributed by atoms with Gasteiger partial charge in [0, 0.05) is 45.1 Å². The summed E-state index contributed by atoms with van der Waals surface area (Å²) < 4.78 is 19.8. The molecule has 0 radical (unpaired) electrons. The molecule has 0 saturated heterocycles. The number of nitrogens with zero attached hydrogens (tertiary/aromatic N) is 3. The minimum atomic E-state index is -0.260. The van der Waals surface area contributed by atoms with Crippen LogP contribution in [0.5, 0.6) is 0 Å². The first kappa shape index (κ1) is 19.3. The van der Waals surface area contributed by atoms with E-state index in [0.717, 1.165) is 37.2 Å². The number of halogens is 1. The Morgan fingerprint density at radius 3 is 2.85 bits per heavy atom. The quantitative estimate of drug-likeness (QED) is 0.722. The minimum absolute atomic E-state index is 0.0482. The van der Waals surface area contributed by atoms with E-state index >= 15 is 0 Å². The molecule has 0 spiro atoms. The number of amides is 1. The molecule has 7 heteroatoms. The Bertz CT molecular complexity index is 786. The Hall–Kier alpha value is -2.51. The summed E-state index contributed by atoms with van der Waals surface area (Å²) in [6, 6.07) is 6.26. The number of ether oxygens (including phenoxy) is 1. The minimum Gasteiger partial charge on any atom is -0.385 e. The molecule has 27 heavy (non-hydrogen) atoms. The topological polar surface area (TPSA) is 59.4 Å². The number of aromatic nitrogens is 2. The fraction of sp³-hybridized carbons (Fsp3) is 0.400. The molecule has 0 unspecified atom stereocenters. The lowest BCUT2D eigenvalue weighted by Crippen LogP contribution is -2.39. The van der Waals surface area contributed by atoms with Crippen molar-refractivity contribution in [2.45, 2.75) is 12.8 Å². The highest BCUT2D eigenvalue weighted by Crippen LogP contribution is 2.22. The van der Waals surface area contributed by atoms with E-state index in [-0.39, 0.29) is 11.7 Å². The monoisotopic (exact) mass is 372 g/mol. The van der Waals surface area contributed by atoms with E-state index in [1.807, 2.05) is 12.4 Å². The molecule has 2 heterocycles. The zero-order chi connectivity index (χ0) is 19.1. The van der Waals surface area contributed by atoms with E-state index in [1.165, 1.54) is 17.7 Å². The highest BCUT2D eigenvalue weighted by atomic mass is 19.1. The fourth-order valence-corrected chi connectivity index (χ4v) is 3.04. The molecule has 0 atom stereocenters. The van der Waals surface area contributed by atoms with Crippen molar-refractivity contribution in [1.29, 1.82) is 0 Å². The first-order valence-electron chi connectivity index (χ1n) is 9.14. The summed E-state index contributed by atoms with van der Waals surface area (Å²) in [6.07, 6.45) is 7.62. The summed E-state index contributed by atoms with van der Waals surface area (Å²) >= 11 is 0. The van der Waals surface area contributed by atoms with Gasteiger partial charge in [0.25, 0.3) is 0 Å². The van der Waals surface area contributed by atoms with Crippen LogP contribution in [0.1, 0.15) is 18.4 Å². The number of hydrogen-bond donors (Lipinski definition) is 1. The van der Waals surface area contributed by atoms with Crippen LogP contribution in [0.3, 0.4) is 0 Å². The number of hydrogen-bond acceptors (Lipinski definition) is 4. The first-order chi connectivity index (χ1) is 13.2. The molecule has 1 N–H and O–H groups in total. The van der Waals surface area contributed by atoms with Gasteiger partial charge in [-0.2, -0.15) is 5.10 Å². The highest BCUT2D eigenvalue weighted by Gasteiger charge is 2.16. The van der Waals surface area contributed by atoms with Crippen LogP contribution in [0.25, 0.3) is 11.3 Å². The summed E-state index contributed by atoms with van der Waals surface area (Å²) in [7, 11) is 1.66. The Kier molecular flexibility index (Phi) is 6.73. The van der Waals surface area contributed by atoms with Gasteiger partial charge in [-0.3, -0.25) is 9.69 Å². The van der Waals surface area contributed by atoms with Gasteiger partial charge >= 0.3 is 0 Å². The van der Waals surface area contributed by atoms with Gasteiger partial charge in [-0.1, -0.05) is 6.08 Å². The lowest BCUT2D eigenvalue weighted by Gasteiger charge is -2.25. The molecule has 144 valence electrons. The van der Waals surface area contributed by atoms with Crippen LogP contribution in [0, 0.1) is 5.82 Å². The Morgan fingerprint density at radius 1 is 1.33 bits per heavy atom. The Morgan fingerprint density at radius 2 is 2.15 bits per heavy atom. The molecule has 1 aromatic carbocycles. The van der Waals surface area contributed by atoms with Crippen LogP contribution in [0.15, 0.2) is 42.7 Å². The molecular formula is C20H25FN4O2. The van der Waals surface area contributed by atoms with Crippen LogP contribution >= 0.6 is 0 Å². The molecule has 0 bridgehead atoms. The zero-order valence-electron chi connectivity index (χ0n) is 15.5. The molecule has 6 nitrogen and oxygen atoms in total. The molecule has 1 aliphatic heterocycles. The number of benzene rings is 1. The number of rotatable bonds is 8. The number of carbonyl (C=O) groups excluding carboxylic acids is 1. The summed E-state index contributed by atoms with van der Waals surface area (Å²) in [5.41, 5.74) is 3.11. The predicted molar refractivity (Wildman–Crippen MR) is 102 cm³/mol. The molecular weight excluding hydrogens is 347 g/mol. The van der Waals surface area contributed by atoms with Crippen molar-refractivity contribution in [3.05, 3.63) is 54.1 Å². The molecule has 2 aromatic rings. The second kappa shape index (κ2) is 9.43. The third-order valence-corrected chi connectivity index (χ3v) is 4.55. The van der Waals surface area contributed by atoms with E-state index < -0.39 is 0 Å². The van der Waals surface area contributed by atoms with Crippen LogP contribution < -0.4 is 5.32 Å². The number of nitrogens with one attached hydrogen (secondary N) is 1. The third-order valence-electron chi connectivity index (χ3n) is 4.55. The summed E-state index contributed by atoms with van der Waals surface area (Å²) in [5.74, 6) is -0.212. The largest absolute Gasteiger partial charge is 0.385 e. The van der Waals surface area contributed by atoms with E-state index in [9.17, 15) is 9.18 Å². The fourth-order valence-electron chi connectivity index (χ4n) is 3.04. The summed E-state index contributed by atoms with van der Waals surface area (Å²) in [6.45, 7) is 3.28. The lowest BCUT2D eigenvalue weighted by molar-refractivity contribution is -0.122. The number of carbonyl (C=O) groups is 1. The maximum absolute atomic E-state index is 13.1. The van der Waals surface area contributed by atoms with Crippen molar-refractivity contribution < 1.29 is 13.9 Å². The van der Waals surface area contributed by atoms with Crippen molar-refractivity contribution in [2.75, 3.05) is 39.9 Å². The van der Waals surface area contributed by atoms with Gasteiger partial charge < -0.3 is 10.1 Å². The van der Waals surface area contributed by atoms with E-state index in [2.05, 4.69) is 21.4 Å². The molecule has 1 amide bonds. The second-order valence-corrected chi connectivity index (χ2v) is 6.56. The lowest BCUT2D eigenvalue weighted by atomic mass is 10.0. The van der Waals surface area contributed by atoms with Crippen molar-refractivity contribution >= 4 is 11.5 Å². The molecule has 0 fully saturated rings. The Balaban J connectivity index is 1.52. The maximum atomic E-state index is 13.1. The summed E-state index contributed by atoms with van der Waals surface area (Å²) in [4.78, 5) is 14.1. The van der Waals surface area contributed by atoms with Gasteiger partial charge in [0.15, 0.2) is 0 Å². The van der Waals surface area contributed by atoms with Gasteiger partial charge in [-0.15, -0.1) is 0 Å². The average molecular weight is 372 g/mol. The van der Waals surface area contributed by atoms with E-state index in [1.54, 1.807) is 23.9 Å². The second-order valence-electron chi connectivity index (χ2n) is 6.56. The van der Waals surface area contributed by atoms with Crippen LogP contribution in [-0.4, -0.2) is 60.5 Å². The SMILES string of the molecule is COCCCNC(=O)CN1CC=C(c2cnn(-c3ccc(F)cc3)c2)CC1. The normalized spacial score (nSPS) is 14.8. The Labute approximate surface area is 158 Å². The molecule has 1 aromatic heterocycles. The van der Waals surface area contributed by atoms with Gasteiger partial charge in [0.05, 0.1) is 18.4 Å². The maximum Gasteiger partial charge on any atom is 0.234 e. The molecule has 1 aliphatic rings. The third kappa shape index (κ3) is 5.48. The van der Waals surface area contributed by atoms with Crippen molar-refractivity contribution in [1.82, 2.24) is 20.0 Å². The van der Waals surface area contributed by atoms with Crippen molar-refractivity contribution in [3.63, 3.8) is 0 Å². The average Bonchev–Trinajstić information content (AvgIpc) is 3.17. The number of methoxy groups -OCH3 is 1. The van der Waals surface area contributed by atoms with Crippen LogP contribution in [0.4, 0.5) is 4.39 Å². The smallest absolute Gasteiger partial charge is 0.234 e. The first-order valence-corrected chi connectivity index (χ1v) is 9.14. The van der Waals surface area contributed by atoms with Gasteiger partial charge in [0.2, 0.25) is 5.91 Å². The predicted octanol–water partition coefficient (Wildman–Crippen LogP) is 2.25. The van der Waals surface area contributed by atoms with Crippen molar-refractivity contribution in [3.8, 4) is 5.69 Å². The van der Waals surface area contributed by atoms with Gasteiger partial charge in [0.1, 0.15) is 5.82 Å². The molecule has 0 saturated carbocycles. The van der Waals surface area contributed by atoms with Crippen LogP contribution in [0.2, 0.25) is 0 Å². The highest BCUT2D eigenvalue weighted by molar-refractivity contribution is 5.78. The molecule has 3 rings (SSSR count). The van der Waals surface area contributed by atoms with Gasteiger partial charge in [-0.25, -0.2) is 9.07 Å². The van der Waals surface area contributed by atoms with E-state index in [4.69, 9.17) is 4.74 Å². The standard InChI is InChI=1S/C20H25FN4O2/c1-27-12-2-9-22-20(26)15-24-10-7-16(8-11-24)17-13-23-25(14-17)19-5-3-18(21)4-6-19/h3-7,13-14H,2,8-12,15H2,1H3,(H,22,26). The van der Waals surface area contributed by atoms with Crippen molar-refractivity contribution in [2.24, 2.45) is 0 Å². The summed E-state index contributed by atoms with van der Waals surface area (Å²) in [5, 5.41) is 7.28.